The summed E-state index contributed by atoms with van der Waals surface area (Å²) in [5.41, 5.74) is 2.12. The third-order valence-corrected chi connectivity index (χ3v) is 3.63. The minimum atomic E-state index is -0.267. The van der Waals surface area contributed by atoms with Gasteiger partial charge < -0.3 is 9.42 Å². The molecule has 0 fully saturated rings. The third kappa shape index (κ3) is 3.23. The van der Waals surface area contributed by atoms with Gasteiger partial charge in [0, 0.05) is 17.5 Å². The molecule has 7 heteroatoms. The zero-order chi connectivity index (χ0) is 14.7. The Balaban J connectivity index is 2.10. The Morgan fingerprint density at radius 2 is 2.25 bits per heavy atom. The molecule has 1 N–H and O–H groups in total. The number of hydrogen-bond acceptors (Lipinski definition) is 6. The van der Waals surface area contributed by atoms with Crippen LogP contribution >= 0.6 is 11.3 Å². The maximum absolute atomic E-state index is 12.1. The van der Waals surface area contributed by atoms with Crippen LogP contribution in [-0.2, 0) is 13.0 Å². The predicted molar refractivity (Wildman–Crippen MR) is 78.1 cm³/mol. The molecular formula is C13H18N4O2S. The molecule has 2 rings (SSSR count). The maximum atomic E-state index is 12.1. The van der Waals surface area contributed by atoms with Crippen LogP contribution in [0.15, 0.2) is 9.90 Å². The summed E-state index contributed by atoms with van der Waals surface area (Å²) in [6.07, 6.45) is 0.758. The van der Waals surface area contributed by atoms with Gasteiger partial charge in [-0.15, -0.1) is 11.3 Å². The summed E-state index contributed by atoms with van der Waals surface area (Å²) in [6, 6.07) is 0. The largest absolute Gasteiger partial charge is 0.338 e. The lowest BCUT2D eigenvalue weighted by Gasteiger charge is -2.05. The fraction of sp³-hybridized carbons (Fsp3) is 0.462. The van der Waals surface area contributed by atoms with Crippen LogP contribution in [0.3, 0.4) is 0 Å². The second-order valence-electron chi connectivity index (χ2n) is 4.75. The van der Waals surface area contributed by atoms with E-state index in [1.165, 1.54) is 11.3 Å². The first-order chi connectivity index (χ1) is 9.51. The van der Waals surface area contributed by atoms with Crippen molar-refractivity contribution in [2.75, 3.05) is 19.4 Å². The lowest BCUT2D eigenvalue weighted by molar-refractivity contribution is 0.101. The topological polar surface area (TPSA) is 71.3 Å². The van der Waals surface area contributed by atoms with Crippen LogP contribution in [0.2, 0.25) is 0 Å². The van der Waals surface area contributed by atoms with Crippen molar-refractivity contribution in [3.05, 3.63) is 27.3 Å². The van der Waals surface area contributed by atoms with Crippen molar-refractivity contribution in [2.24, 2.45) is 0 Å². The molecule has 0 aliphatic carbocycles. The second kappa shape index (κ2) is 6.15. The van der Waals surface area contributed by atoms with E-state index in [0.717, 1.165) is 29.2 Å². The number of rotatable bonds is 5. The Hall–Kier alpha value is -1.73. The van der Waals surface area contributed by atoms with Gasteiger partial charge in [-0.3, -0.25) is 10.1 Å². The van der Waals surface area contributed by atoms with E-state index in [0.29, 0.717) is 11.6 Å². The van der Waals surface area contributed by atoms with Crippen LogP contribution in [0.4, 0.5) is 5.88 Å². The van der Waals surface area contributed by atoms with Gasteiger partial charge in [0.25, 0.3) is 5.91 Å². The van der Waals surface area contributed by atoms with Gasteiger partial charge in [-0.25, -0.2) is 4.98 Å². The van der Waals surface area contributed by atoms with Crippen LogP contribution in [0.1, 0.15) is 33.7 Å². The molecular weight excluding hydrogens is 276 g/mol. The van der Waals surface area contributed by atoms with E-state index in [4.69, 9.17) is 4.52 Å². The third-order valence-electron chi connectivity index (χ3n) is 2.80. The monoisotopic (exact) mass is 294 g/mol. The molecule has 0 saturated carbocycles. The number of thiazole rings is 1. The van der Waals surface area contributed by atoms with Crippen molar-refractivity contribution in [1.29, 1.82) is 0 Å². The highest BCUT2D eigenvalue weighted by atomic mass is 32.1. The fourth-order valence-electron chi connectivity index (χ4n) is 1.83. The fourth-order valence-corrected chi connectivity index (χ4v) is 2.72. The molecule has 0 aliphatic heterocycles. The Morgan fingerprint density at radius 1 is 1.50 bits per heavy atom. The van der Waals surface area contributed by atoms with Crippen molar-refractivity contribution >= 4 is 23.1 Å². The molecule has 0 aliphatic rings. The number of anilines is 1. The first kappa shape index (κ1) is 14.7. The van der Waals surface area contributed by atoms with Gasteiger partial charge in [0.2, 0.25) is 5.88 Å². The number of nitrogens with zero attached hydrogens (tertiary/aromatic N) is 3. The summed E-state index contributed by atoms with van der Waals surface area (Å²) in [5, 5.41) is 9.25. The van der Waals surface area contributed by atoms with E-state index in [-0.39, 0.29) is 5.91 Å². The zero-order valence-electron chi connectivity index (χ0n) is 12.1. The van der Waals surface area contributed by atoms with Crippen LogP contribution in [-0.4, -0.2) is 35.0 Å². The van der Waals surface area contributed by atoms with Crippen molar-refractivity contribution in [3.63, 3.8) is 0 Å². The molecule has 0 unspecified atom stereocenters. The van der Waals surface area contributed by atoms with Gasteiger partial charge in [0.15, 0.2) is 0 Å². The summed E-state index contributed by atoms with van der Waals surface area (Å²) >= 11 is 1.47. The van der Waals surface area contributed by atoms with Gasteiger partial charge in [-0.1, -0.05) is 12.1 Å². The van der Waals surface area contributed by atoms with Gasteiger partial charge in [-0.05, 0) is 27.4 Å². The van der Waals surface area contributed by atoms with Crippen molar-refractivity contribution in [3.8, 4) is 0 Å². The van der Waals surface area contributed by atoms with E-state index in [1.807, 2.05) is 32.8 Å². The van der Waals surface area contributed by atoms with Crippen molar-refractivity contribution in [2.45, 2.75) is 26.8 Å². The molecule has 2 aromatic heterocycles. The standard InChI is InChI=1S/C13H18N4O2S/c1-5-9-8(2)16-19-13(9)15-12(18)10-7-20-11(14-10)6-17(3)4/h7H,5-6H2,1-4H3,(H,15,18). The molecule has 20 heavy (non-hydrogen) atoms. The molecule has 6 nitrogen and oxygen atoms in total. The maximum Gasteiger partial charge on any atom is 0.277 e. The zero-order valence-corrected chi connectivity index (χ0v) is 12.9. The minimum absolute atomic E-state index is 0.267. The molecule has 0 aromatic carbocycles. The second-order valence-corrected chi connectivity index (χ2v) is 5.69. The van der Waals surface area contributed by atoms with Crippen LogP contribution < -0.4 is 5.32 Å². The summed E-state index contributed by atoms with van der Waals surface area (Å²) in [6.45, 7) is 4.57. The van der Waals surface area contributed by atoms with E-state index in [9.17, 15) is 4.79 Å². The van der Waals surface area contributed by atoms with Gasteiger partial charge >= 0.3 is 0 Å². The first-order valence-corrected chi connectivity index (χ1v) is 7.24. The molecule has 0 radical (unpaired) electrons. The summed E-state index contributed by atoms with van der Waals surface area (Å²) < 4.78 is 5.14. The van der Waals surface area contributed by atoms with E-state index >= 15 is 0 Å². The van der Waals surface area contributed by atoms with Gasteiger partial charge in [0.1, 0.15) is 10.7 Å². The average molecular weight is 294 g/mol. The Bertz CT molecular complexity index is 603. The average Bonchev–Trinajstić information content (AvgIpc) is 2.96. The highest BCUT2D eigenvalue weighted by Crippen LogP contribution is 2.21. The molecule has 2 heterocycles. The molecule has 0 bridgehead atoms. The van der Waals surface area contributed by atoms with Gasteiger partial charge in [-0.2, -0.15) is 0 Å². The SMILES string of the molecule is CCc1c(C)noc1NC(=O)c1csc(CN(C)C)n1. The Kier molecular flexibility index (Phi) is 4.51. The van der Waals surface area contributed by atoms with E-state index < -0.39 is 0 Å². The number of aryl methyl sites for hydroxylation is 1. The number of nitrogens with one attached hydrogen (secondary N) is 1. The number of hydrogen-bond donors (Lipinski definition) is 1. The van der Waals surface area contributed by atoms with Crippen molar-refractivity contribution in [1.82, 2.24) is 15.0 Å². The lowest BCUT2D eigenvalue weighted by Crippen LogP contribution is -2.14. The highest BCUT2D eigenvalue weighted by Gasteiger charge is 2.17. The lowest BCUT2D eigenvalue weighted by atomic mass is 10.2. The number of aromatic nitrogens is 2. The Morgan fingerprint density at radius 3 is 2.90 bits per heavy atom. The molecule has 2 aromatic rings. The van der Waals surface area contributed by atoms with E-state index in [2.05, 4.69) is 15.5 Å². The van der Waals surface area contributed by atoms with Crippen molar-refractivity contribution < 1.29 is 9.32 Å². The number of amides is 1. The minimum Gasteiger partial charge on any atom is -0.338 e. The van der Waals surface area contributed by atoms with Crippen LogP contribution in [0.25, 0.3) is 0 Å². The summed E-state index contributed by atoms with van der Waals surface area (Å²) in [4.78, 5) is 18.4. The normalized spacial score (nSPS) is 11.1. The quantitative estimate of drug-likeness (QED) is 0.916. The molecule has 1 amide bonds. The van der Waals surface area contributed by atoms with Crippen LogP contribution in [0, 0.1) is 6.92 Å². The van der Waals surface area contributed by atoms with Gasteiger partial charge in [0.05, 0.1) is 5.69 Å². The molecule has 0 saturated heterocycles. The predicted octanol–water partition coefficient (Wildman–Crippen LogP) is 2.32. The smallest absolute Gasteiger partial charge is 0.277 e. The van der Waals surface area contributed by atoms with Crippen LogP contribution in [0.5, 0.6) is 0 Å². The highest BCUT2D eigenvalue weighted by molar-refractivity contribution is 7.09. The summed E-state index contributed by atoms with van der Waals surface area (Å²) in [5.74, 6) is 0.147. The first-order valence-electron chi connectivity index (χ1n) is 6.37. The Labute approximate surface area is 121 Å². The van der Waals surface area contributed by atoms with E-state index in [1.54, 1.807) is 5.38 Å². The number of carbonyl (C=O) groups excluding carboxylic acids is 1. The number of carbonyl (C=O) groups is 1. The summed E-state index contributed by atoms with van der Waals surface area (Å²) in [7, 11) is 3.93. The molecule has 108 valence electrons. The molecule has 0 spiro atoms. The molecule has 0 atom stereocenters.